The molecular formula is C20H20F3NO2. The molecule has 1 N–H and O–H groups in total. The third-order valence-corrected chi connectivity index (χ3v) is 3.75. The number of nitrogens with one attached hydrogen (secondary N) is 1. The molecule has 2 aromatic carbocycles. The Balaban J connectivity index is 1.94. The van der Waals surface area contributed by atoms with Gasteiger partial charge in [-0.3, -0.25) is 4.84 Å². The Bertz CT molecular complexity index is 745. The minimum atomic E-state index is -4.33. The maximum atomic E-state index is 12.5. The van der Waals surface area contributed by atoms with E-state index < -0.39 is 17.3 Å². The van der Waals surface area contributed by atoms with Crippen LogP contribution < -0.4 is 10.2 Å². The van der Waals surface area contributed by atoms with Crippen LogP contribution in [0.2, 0.25) is 0 Å². The Morgan fingerprint density at radius 2 is 1.54 bits per heavy atom. The fourth-order valence-corrected chi connectivity index (χ4v) is 2.24. The largest absolute Gasteiger partial charge is 0.489 e. The van der Waals surface area contributed by atoms with E-state index in [0.717, 1.165) is 17.7 Å². The molecule has 0 radical (unpaired) electrons. The van der Waals surface area contributed by atoms with Crippen molar-refractivity contribution in [3.8, 4) is 18.1 Å². The van der Waals surface area contributed by atoms with E-state index in [1.54, 1.807) is 12.1 Å². The molecule has 6 heteroatoms. The van der Waals surface area contributed by atoms with Crippen LogP contribution >= 0.6 is 0 Å². The molecule has 138 valence electrons. The summed E-state index contributed by atoms with van der Waals surface area (Å²) in [7, 11) is 0. The van der Waals surface area contributed by atoms with Gasteiger partial charge in [-0.05, 0) is 49.2 Å². The third kappa shape index (κ3) is 5.51. The average Bonchev–Trinajstić information content (AvgIpc) is 2.60. The molecule has 0 bridgehead atoms. The van der Waals surface area contributed by atoms with E-state index in [-0.39, 0.29) is 13.2 Å². The highest BCUT2D eigenvalue weighted by Gasteiger charge is 2.29. The number of alkyl halides is 3. The molecule has 0 spiro atoms. The molecule has 0 aliphatic rings. The monoisotopic (exact) mass is 363 g/mol. The normalized spacial score (nSPS) is 11.8. The summed E-state index contributed by atoms with van der Waals surface area (Å²) >= 11 is 0. The van der Waals surface area contributed by atoms with Crippen LogP contribution in [0.3, 0.4) is 0 Å². The zero-order valence-electron chi connectivity index (χ0n) is 14.6. The zero-order valence-corrected chi connectivity index (χ0v) is 14.6. The first-order chi connectivity index (χ1) is 12.2. The molecule has 2 rings (SSSR count). The van der Waals surface area contributed by atoms with Gasteiger partial charge in [0.1, 0.15) is 19.0 Å². The third-order valence-electron chi connectivity index (χ3n) is 3.75. The van der Waals surface area contributed by atoms with Crippen LogP contribution in [0, 0.1) is 12.3 Å². The second-order valence-corrected chi connectivity index (χ2v) is 6.23. The van der Waals surface area contributed by atoms with Gasteiger partial charge in [-0.2, -0.15) is 18.7 Å². The van der Waals surface area contributed by atoms with Crippen molar-refractivity contribution in [2.24, 2.45) is 0 Å². The maximum absolute atomic E-state index is 12.5. The lowest BCUT2D eigenvalue weighted by atomic mass is 9.95. The van der Waals surface area contributed by atoms with Gasteiger partial charge in [0.15, 0.2) is 0 Å². The lowest BCUT2D eigenvalue weighted by Crippen LogP contribution is -2.36. The SMILES string of the molecule is C#CCONC(C)(C)c1ccc(OCc2ccc(C(F)(F)F)cc2)cc1. The molecule has 0 amide bonds. The van der Waals surface area contributed by atoms with Crippen molar-refractivity contribution in [3.05, 3.63) is 65.2 Å². The molecule has 0 aliphatic carbocycles. The molecule has 26 heavy (non-hydrogen) atoms. The summed E-state index contributed by atoms with van der Waals surface area (Å²) in [5.74, 6) is 3.00. The quantitative estimate of drug-likeness (QED) is 0.440. The van der Waals surface area contributed by atoms with Crippen LogP contribution in [-0.4, -0.2) is 6.61 Å². The number of hydroxylamine groups is 1. The Morgan fingerprint density at radius 1 is 0.962 bits per heavy atom. The minimum Gasteiger partial charge on any atom is -0.489 e. The maximum Gasteiger partial charge on any atom is 0.416 e. The molecule has 3 nitrogen and oxygen atoms in total. The number of hydrogen-bond donors (Lipinski definition) is 1. The predicted molar refractivity (Wildman–Crippen MR) is 93.2 cm³/mol. The predicted octanol–water partition coefficient (Wildman–Crippen LogP) is 4.67. The number of ether oxygens (including phenoxy) is 1. The van der Waals surface area contributed by atoms with Crippen LogP contribution in [0.5, 0.6) is 5.75 Å². The van der Waals surface area contributed by atoms with Crippen LogP contribution in [-0.2, 0) is 23.2 Å². The van der Waals surface area contributed by atoms with E-state index in [4.69, 9.17) is 16.0 Å². The topological polar surface area (TPSA) is 30.5 Å². The molecule has 2 aromatic rings. The minimum absolute atomic E-state index is 0.164. The molecule has 0 saturated heterocycles. The van der Waals surface area contributed by atoms with Gasteiger partial charge in [0.05, 0.1) is 11.1 Å². The Morgan fingerprint density at radius 3 is 2.08 bits per heavy atom. The first-order valence-electron chi connectivity index (χ1n) is 7.94. The molecule has 0 fully saturated rings. The fourth-order valence-electron chi connectivity index (χ4n) is 2.24. The first-order valence-corrected chi connectivity index (χ1v) is 7.94. The molecule has 0 atom stereocenters. The molecule has 0 saturated carbocycles. The molecule has 0 aromatic heterocycles. The molecular weight excluding hydrogens is 343 g/mol. The van der Waals surface area contributed by atoms with Crippen LogP contribution in [0.4, 0.5) is 13.2 Å². The first kappa shape index (κ1) is 19.8. The number of terminal acetylenes is 1. The van der Waals surface area contributed by atoms with Gasteiger partial charge in [-0.1, -0.05) is 30.2 Å². The average molecular weight is 363 g/mol. The molecule has 0 heterocycles. The van der Waals surface area contributed by atoms with E-state index in [1.807, 2.05) is 26.0 Å². The molecule has 0 unspecified atom stereocenters. The van der Waals surface area contributed by atoms with Gasteiger partial charge in [0, 0.05) is 0 Å². The molecule has 0 aliphatic heterocycles. The van der Waals surface area contributed by atoms with Crippen molar-refractivity contribution in [2.75, 3.05) is 6.61 Å². The Kier molecular flexibility index (Phi) is 6.30. The Hall–Kier alpha value is -2.49. The fraction of sp³-hybridized carbons (Fsp3) is 0.300. The van der Waals surface area contributed by atoms with Gasteiger partial charge in [0.2, 0.25) is 0 Å². The highest BCUT2D eigenvalue weighted by Crippen LogP contribution is 2.29. The number of hydrogen-bond acceptors (Lipinski definition) is 3. The van der Waals surface area contributed by atoms with Crippen molar-refractivity contribution in [1.82, 2.24) is 5.48 Å². The summed E-state index contributed by atoms with van der Waals surface area (Å²) in [6.07, 6.45) is 0.807. The van der Waals surface area contributed by atoms with Gasteiger partial charge in [-0.15, -0.1) is 6.42 Å². The van der Waals surface area contributed by atoms with Crippen LogP contribution in [0.15, 0.2) is 48.5 Å². The van der Waals surface area contributed by atoms with E-state index in [9.17, 15) is 13.2 Å². The van der Waals surface area contributed by atoms with Gasteiger partial charge in [-0.25, -0.2) is 0 Å². The highest BCUT2D eigenvalue weighted by molar-refractivity contribution is 5.31. The summed E-state index contributed by atoms with van der Waals surface area (Å²) < 4.78 is 43.3. The van der Waals surface area contributed by atoms with Gasteiger partial charge < -0.3 is 4.74 Å². The van der Waals surface area contributed by atoms with Crippen molar-refractivity contribution in [3.63, 3.8) is 0 Å². The van der Waals surface area contributed by atoms with E-state index in [2.05, 4.69) is 11.4 Å². The van der Waals surface area contributed by atoms with Gasteiger partial charge in [0.25, 0.3) is 0 Å². The summed E-state index contributed by atoms with van der Waals surface area (Å²) in [5, 5.41) is 0. The summed E-state index contributed by atoms with van der Waals surface area (Å²) in [6, 6.07) is 12.3. The van der Waals surface area contributed by atoms with Crippen molar-refractivity contribution in [2.45, 2.75) is 32.2 Å². The van der Waals surface area contributed by atoms with E-state index >= 15 is 0 Å². The number of halogens is 3. The van der Waals surface area contributed by atoms with Crippen molar-refractivity contribution in [1.29, 1.82) is 0 Å². The highest BCUT2D eigenvalue weighted by atomic mass is 19.4. The lowest BCUT2D eigenvalue weighted by molar-refractivity contribution is -0.137. The zero-order chi connectivity index (χ0) is 19.2. The van der Waals surface area contributed by atoms with E-state index in [0.29, 0.717) is 11.3 Å². The Labute approximate surface area is 151 Å². The smallest absolute Gasteiger partial charge is 0.416 e. The van der Waals surface area contributed by atoms with E-state index in [1.165, 1.54) is 12.1 Å². The van der Waals surface area contributed by atoms with Crippen LogP contribution in [0.1, 0.15) is 30.5 Å². The summed E-state index contributed by atoms with van der Waals surface area (Å²) in [5.41, 5.74) is 3.41. The number of benzene rings is 2. The second-order valence-electron chi connectivity index (χ2n) is 6.23. The number of rotatable bonds is 7. The standard InChI is InChI=1S/C20H20F3NO2/c1-4-13-26-24-19(2,3)16-9-11-18(12-10-16)25-14-15-5-7-17(8-6-15)20(21,22)23/h1,5-12,24H,13-14H2,2-3H3. The lowest BCUT2D eigenvalue weighted by Gasteiger charge is -2.26. The van der Waals surface area contributed by atoms with Crippen molar-refractivity contribution < 1.29 is 22.7 Å². The van der Waals surface area contributed by atoms with Crippen molar-refractivity contribution >= 4 is 0 Å². The summed E-state index contributed by atoms with van der Waals surface area (Å²) in [4.78, 5) is 5.17. The van der Waals surface area contributed by atoms with Gasteiger partial charge >= 0.3 is 6.18 Å². The van der Waals surface area contributed by atoms with Crippen LogP contribution in [0.25, 0.3) is 0 Å². The second kappa shape index (κ2) is 8.26. The summed E-state index contributed by atoms with van der Waals surface area (Å²) in [6.45, 7) is 4.24.